The van der Waals surface area contributed by atoms with Gasteiger partial charge in [-0.3, -0.25) is 9.36 Å². The van der Waals surface area contributed by atoms with E-state index in [-0.39, 0.29) is 5.91 Å². The number of fused-ring (bicyclic) bond motifs is 1. The molecule has 1 aromatic heterocycles. The fourth-order valence-electron chi connectivity index (χ4n) is 2.30. The molecule has 1 amide bonds. The van der Waals surface area contributed by atoms with E-state index in [0.29, 0.717) is 23.2 Å². The van der Waals surface area contributed by atoms with Gasteiger partial charge in [0.15, 0.2) is 5.58 Å². The van der Waals surface area contributed by atoms with Gasteiger partial charge in [-0.15, -0.1) is 0 Å². The third-order valence-corrected chi connectivity index (χ3v) is 3.56. The van der Waals surface area contributed by atoms with Crippen LogP contribution >= 0.6 is 0 Å². The number of oxazole rings is 1. The molecule has 2 aromatic carbocycles. The van der Waals surface area contributed by atoms with Gasteiger partial charge in [-0.2, -0.15) is 0 Å². The Kier molecular flexibility index (Phi) is 3.55. The zero-order valence-corrected chi connectivity index (χ0v) is 12.4. The SMILES string of the molecule is Cc1ccc(CC(=O)Nc2ccc3oc(=O)n(C)c3c2)cc1. The Balaban J connectivity index is 1.77. The highest BCUT2D eigenvalue weighted by Gasteiger charge is 2.09. The largest absolute Gasteiger partial charge is 0.419 e. The lowest BCUT2D eigenvalue weighted by Crippen LogP contribution is -2.14. The molecule has 3 rings (SSSR count). The number of amides is 1. The Labute approximate surface area is 127 Å². The van der Waals surface area contributed by atoms with Crippen LogP contribution in [0.25, 0.3) is 11.1 Å². The highest BCUT2D eigenvalue weighted by atomic mass is 16.4. The van der Waals surface area contributed by atoms with Gasteiger partial charge in [-0.25, -0.2) is 4.79 Å². The molecule has 0 bridgehead atoms. The molecule has 0 saturated carbocycles. The summed E-state index contributed by atoms with van der Waals surface area (Å²) in [5, 5.41) is 2.84. The number of nitrogens with one attached hydrogen (secondary N) is 1. The number of carbonyl (C=O) groups is 1. The molecule has 22 heavy (non-hydrogen) atoms. The Morgan fingerprint density at radius 3 is 2.64 bits per heavy atom. The van der Waals surface area contributed by atoms with Crippen molar-refractivity contribution >= 4 is 22.7 Å². The second-order valence-corrected chi connectivity index (χ2v) is 5.32. The summed E-state index contributed by atoms with van der Waals surface area (Å²) in [6, 6.07) is 13.0. The molecule has 0 aliphatic carbocycles. The molecular weight excluding hydrogens is 280 g/mol. The number of benzene rings is 2. The normalized spacial score (nSPS) is 10.8. The van der Waals surface area contributed by atoms with E-state index in [1.54, 1.807) is 25.2 Å². The molecule has 5 heteroatoms. The van der Waals surface area contributed by atoms with Crippen molar-refractivity contribution in [1.29, 1.82) is 0 Å². The molecule has 0 aliphatic heterocycles. The summed E-state index contributed by atoms with van der Waals surface area (Å²) in [6.07, 6.45) is 0.308. The minimum absolute atomic E-state index is 0.100. The first-order valence-corrected chi connectivity index (χ1v) is 6.98. The molecule has 0 atom stereocenters. The van der Waals surface area contributed by atoms with Gasteiger partial charge in [0.25, 0.3) is 0 Å². The van der Waals surface area contributed by atoms with E-state index in [0.717, 1.165) is 11.1 Å². The Bertz CT molecular complexity index is 888. The summed E-state index contributed by atoms with van der Waals surface area (Å²) >= 11 is 0. The molecule has 1 heterocycles. The molecule has 0 unspecified atom stereocenters. The van der Waals surface area contributed by atoms with Crippen molar-refractivity contribution in [2.24, 2.45) is 7.05 Å². The Hall–Kier alpha value is -2.82. The van der Waals surface area contributed by atoms with E-state index < -0.39 is 5.76 Å². The number of hydrogen-bond donors (Lipinski definition) is 1. The Morgan fingerprint density at radius 2 is 1.91 bits per heavy atom. The minimum Gasteiger partial charge on any atom is -0.408 e. The lowest BCUT2D eigenvalue weighted by Gasteiger charge is -2.06. The smallest absolute Gasteiger partial charge is 0.408 e. The number of nitrogens with zero attached hydrogens (tertiary/aromatic N) is 1. The highest BCUT2D eigenvalue weighted by molar-refractivity contribution is 5.94. The summed E-state index contributed by atoms with van der Waals surface area (Å²) in [5.41, 5.74) is 3.92. The van der Waals surface area contributed by atoms with Gasteiger partial charge in [0.2, 0.25) is 5.91 Å². The van der Waals surface area contributed by atoms with E-state index in [1.807, 2.05) is 31.2 Å². The van der Waals surface area contributed by atoms with Crippen LogP contribution in [0.15, 0.2) is 51.7 Å². The van der Waals surface area contributed by atoms with Gasteiger partial charge < -0.3 is 9.73 Å². The predicted molar refractivity (Wildman–Crippen MR) is 85.0 cm³/mol. The van der Waals surface area contributed by atoms with Crippen molar-refractivity contribution in [2.45, 2.75) is 13.3 Å². The second kappa shape index (κ2) is 5.52. The van der Waals surface area contributed by atoms with Gasteiger partial charge in [0.1, 0.15) is 0 Å². The minimum atomic E-state index is -0.418. The topological polar surface area (TPSA) is 64.2 Å². The summed E-state index contributed by atoms with van der Waals surface area (Å²) in [4.78, 5) is 23.5. The molecule has 0 fully saturated rings. The van der Waals surface area contributed by atoms with Gasteiger partial charge in [0, 0.05) is 12.7 Å². The quantitative estimate of drug-likeness (QED) is 0.808. The first kappa shape index (κ1) is 14.1. The summed E-state index contributed by atoms with van der Waals surface area (Å²) in [5.74, 6) is -0.519. The number of anilines is 1. The molecule has 0 saturated heterocycles. The maximum absolute atomic E-state index is 12.1. The van der Waals surface area contributed by atoms with Gasteiger partial charge in [-0.1, -0.05) is 29.8 Å². The molecule has 112 valence electrons. The molecule has 5 nitrogen and oxygen atoms in total. The van der Waals surface area contributed by atoms with E-state index >= 15 is 0 Å². The molecule has 3 aromatic rings. The molecule has 0 aliphatic rings. The summed E-state index contributed by atoms with van der Waals surface area (Å²) < 4.78 is 6.47. The van der Waals surface area contributed by atoms with E-state index in [9.17, 15) is 9.59 Å². The maximum atomic E-state index is 12.1. The van der Waals surface area contributed by atoms with E-state index in [2.05, 4.69) is 5.32 Å². The zero-order chi connectivity index (χ0) is 15.7. The molecule has 1 N–H and O–H groups in total. The first-order chi connectivity index (χ1) is 10.5. The summed E-state index contributed by atoms with van der Waals surface area (Å²) in [6.45, 7) is 2.01. The summed E-state index contributed by atoms with van der Waals surface area (Å²) in [7, 11) is 1.63. The number of hydrogen-bond acceptors (Lipinski definition) is 3. The number of aryl methyl sites for hydroxylation is 2. The van der Waals surface area contributed by atoms with Crippen molar-refractivity contribution in [1.82, 2.24) is 4.57 Å². The predicted octanol–water partition coefficient (Wildman–Crippen LogP) is 2.62. The second-order valence-electron chi connectivity index (χ2n) is 5.32. The monoisotopic (exact) mass is 296 g/mol. The van der Waals surface area contributed by atoms with Gasteiger partial charge in [0.05, 0.1) is 11.9 Å². The number of aromatic nitrogens is 1. The Morgan fingerprint density at radius 1 is 1.18 bits per heavy atom. The fourth-order valence-corrected chi connectivity index (χ4v) is 2.30. The lowest BCUT2D eigenvalue weighted by atomic mass is 10.1. The zero-order valence-electron chi connectivity index (χ0n) is 12.4. The van der Waals surface area contributed by atoms with Crippen molar-refractivity contribution < 1.29 is 9.21 Å². The average Bonchev–Trinajstić information content (AvgIpc) is 2.77. The van der Waals surface area contributed by atoms with Crippen LogP contribution in [0.1, 0.15) is 11.1 Å². The maximum Gasteiger partial charge on any atom is 0.419 e. The van der Waals surface area contributed by atoms with Crippen LogP contribution in [-0.4, -0.2) is 10.5 Å². The van der Waals surface area contributed by atoms with Crippen LogP contribution in [0.3, 0.4) is 0 Å². The average molecular weight is 296 g/mol. The van der Waals surface area contributed by atoms with Crippen LogP contribution in [-0.2, 0) is 18.3 Å². The standard InChI is InChI=1S/C17H16N2O3/c1-11-3-5-12(6-4-11)9-16(20)18-13-7-8-15-14(10-13)19(2)17(21)22-15/h3-8,10H,9H2,1-2H3,(H,18,20). The van der Waals surface area contributed by atoms with E-state index in [1.165, 1.54) is 4.57 Å². The molecule has 0 radical (unpaired) electrons. The van der Waals surface area contributed by atoms with Crippen molar-refractivity contribution in [3.8, 4) is 0 Å². The van der Waals surface area contributed by atoms with Gasteiger partial charge >= 0.3 is 5.76 Å². The third kappa shape index (κ3) is 2.79. The third-order valence-electron chi connectivity index (χ3n) is 3.56. The molecule has 0 spiro atoms. The number of carbonyl (C=O) groups excluding carboxylic acids is 1. The van der Waals surface area contributed by atoms with Crippen LogP contribution in [0.5, 0.6) is 0 Å². The van der Waals surface area contributed by atoms with Crippen molar-refractivity contribution in [2.75, 3.05) is 5.32 Å². The van der Waals surface area contributed by atoms with Crippen molar-refractivity contribution in [3.05, 3.63) is 64.1 Å². The van der Waals surface area contributed by atoms with Crippen LogP contribution in [0.2, 0.25) is 0 Å². The van der Waals surface area contributed by atoms with Gasteiger partial charge in [-0.05, 0) is 30.7 Å². The highest BCUT2D eigenvalue weighted by Crippen LogP contribution is 2.18. The lowest BCUT2D eigenvalue weighted by molar-refractivity contribution is -0.115. The first-order valence-electron chi connectivity index (χ1n) is 6.98. The van der Waals surface area contributed by atoms with Crippen molar-refractivity contribution in [3.63, 3.8) is 0 Å². The molecular formula is C17H16N2O3. The number of rotatable bonds is 3. The fraction of sp³-hybridized carbons (Fsp3) is 0.176. The van der Waals surface area contributed by atoms with E-state index in [4.69, 9.17) is 4.42 Å². The van der Waals surface area contributed by atoms with Crippen LogP contribution in [0, 0.1) is 6.92 Å². The van der Waals surface area contributed by atoms with Crippen LogP contribution in [0.4, 0.5) is 5.69 Å². The van der Waals surface area contributed by atoms with Crippen LogP contribution < -0.4 is 11.1 Å².